The third kappa shape index (κ3) is 2.17. The van der Waals surface area contributed by atoms with E-state index in [9.17, 15) is 18.0 Å². The van der Waals surface area contributed by atoms with Gasteiger partial charge in [-0.2, -0.15) is 18.3 Å². The molecule has 16 heavy (non-hydrogen) atoms. The predicted molar refractivity (Wildman–Crippen MR) is 52.0 cm³/mol. The molecule has 4 nitrogen and oxygen atoms in total. The molecule has 1 heterocycles. The molecule has 2 N–H and O–H groups in total. The summed E-state index contributed by atoms with van der Waals surface area (Å²) in [5, 5.41) is 3.69. The third-order valence-electron chi connectivity index (χ3n) is 1.94. The van der Waals surface area contributed by atoms with Gasteiger partial charge in [-0.25, -0.2) is 4.68 Å². The number of ketones is 1. The van der Waals surface area contributed by atoms with Crippen LogP contribution in [0.15, 0.2) is 6.20 Å². The quantitative estimate of drug-likeness (QED) is 0.757. The summed E-state index contributed by atoms with van der Waals surface area (Å²) in [6.07, 6.45) is -4.09. The second kappa shape index (κ2) is 3.50. The molecule has 0 amide bonds. The Morgan fingerprint density at radius 2 is 1.88 bits per heavy atom. The van der Waals surface area contributed by atoms with Crippen molar-refractivity contribution in [2.75, 3.05) is 5.73 Å². The molecule has 0 aliphatic rings. The average molecular weight is 235 g/mol. The Bertz CT molecular complexity index is 415. The van der Waals surface area contributed by atoms with Crippen LogP contribution in [0.2, 0.25) is 0 Å². The van der Waals surface area contributed by atoms with Gasteiger partial charge in [0.25, 0.3) is 5.78 Å². The van der Waals surface area contributed by atoms with Gasteiger partial charge in [0, 0.05) is 0 Å². The second-order valence-corrected chi connectivity index (χ2v) is 4.35. The van der Waals surface area contributed by atoms with Gasteiger partial charge < -0.3 is 5.73 Å². The summed E-state index contributed by atoms with van der Waals surface area (Å²) in [6, 6.07) is 0. The van der Waals surface area contributed by atoms with E-state index in [1.54, 1.807) is 20.8 Å². The molecule has 1 aromatic rings. The van der Waals surface area contributed by atoms with Crippen LogP contribution in [-0.4, -0.2) is 21.7 Å². The highest BCUT2D eigenvalue weighted by atomic mass is 19.4. The predicted octanol–water partition coefficient (Wildman–Crippen LogP) is 1.97. The molecule has 1 rings (SSSR count). The van der Waals surface area contributed by atoms with E-state index in [0.29, 0.717) is 0 Å². The van der Waals surface area contributed by atoms with Crippen molar-refractivity contribution >= 4 is 11.6 Å². The van der Waals surface area contributed by atoms with Gasteiger partial charge in [0.2, 0.25) is 0 Å². The lowest BCUT2D eigenvalue weighted by atomic mass is 10.1. The zero-order chi connectivity index (χ0) is 12.7. The summed E-state index contributed by atoms with van der Waals surface area (Å²) < 4.78 is 37.7. The number of Topliss-reactive ketones (excluding diaryl/α,β-unsaturated/α-hetero) is 1. The Kier molecular flexibility index (Phi) is 2.74. The number of nitrogens with two attached hydrogens (primary N) is 1. The van der Waals surface area contributed by atoms with Crippen molar-refractivity contribution in [1.82, 2.24) is 9.78 Å². The van der Waals surface area contributed by atoms with E-state index in [1.807, 2.05) is 0 Å². The average Bonchev–Trinajstić information content (AvgIpc) is 2.42. The normalized spacial score (nSPS) is 12.9. The Morgan fingerprint density at radius 1 is 1.38 bits per heavy atom. The lowest BCUT2D eigenvalue weighted by Crippen LogP contribution is -2.27. The summed E-state index contributed by atoms with van der Waals surface area (Å²) in [5.74, 6) is -2.24. The third-order valence-corrected chi connectivity index (χ3v) is 1.94. The number of aromatic nitrogens is 2. The number of carbonyl (C=O) groups excluding carboxylic acids is 1. The van der Waals surface area contributed by atoms with Crippen LogP contribution in [0.1, 0.15) is 31.1 Å². The smallest absolute Gasteiger partial charge is 0.383 e. The fourth-order valence-electron chi connectivity index (χ4n) is 1.22. The Morgan fingerprint density at radius 3 is 2.19 bits per heavy atom. The van der Waals surface area contributed by atoms with E-state index >= 15 is 0 Å². The molecule has 0 spiro atoms. The van der Waals surface area contributed by atoms with Gasteiger partial charge in [0.1, 0.15) is 5.82 Å². The summed E-state index contributed by atoms with van der Waals surface area (Å²) >= 11 is 0. The molecule has 0 fully saturated rings. The minimum Gasteiger partial charge on any atom is -0.383 e. The molecule has 0 saturated carbocycles. The van der Waals surface area contributed by atoms with Crippen LogP contribution in [0.5, 0.6) is 0 Å². The first kappa shape index (κ1) is 12.5. The first-order valence-electron chi connectivity index (χ1n) is 4.50. The summed E-state index contributed by atoms with van der Waals surface area (Å²) in [5.41, 5.74) is 4.28. The first-order valence-corrected chi connectivity index (χ1v) is 4.50. The lowest BCUT2D eigenvalue weighted by Gasteiger charge is -2.20. The standard InChI is InChI=1S/C9H12F3N3O/c1-8(2,3)15-7(13)5(4-14-15)6(16)9(10,11)12/h4H,13H2,1-3H3. The van der Waals surface area contributed by atoms with Crippen molar-refractivity contribution in [1.29, 1.82) is 0 Å². The summed E-state index contributed by atoms with van der Waals surface area (Å²) in [4.78, 5) is 11.0. The molecular weight excluding hydrogens is 223 g/mol. The van der Waals surface area contributed by atoms with Crippen molar-refractivity contribution in [3.05, 3.63) is 11.8 Å². The fourth-order valence-corrected chi connectivity index (χ4v) is 1.22. The monoisotopic (exact) mass is 235 g/mol. The summed E-state index contributed by atoms with van der Waals surface area (Å²) in [7, 11) is 0. The van der Waals surface area contributed by atoms with Crippen LogP contribution >= 0.6 is 0 Å². The van der Waals surface area contributed by atoms with Gasteiger partial charge >= 0.3 is 6.18 Å². The highest BCUT2D eigenvalue weighted by Crippen LogP contribution is 2.27. The Balaban J connectivity index is 3.21. The van der Waals surface area contributed by atoms with Gasteiger partial charge in [-0.05, 0) is 20.8 Å². The minimum atomic E-state index is -4.93. The van der Waals surface area contributed by atoms with Crippen molar-refractivity contribution in [3.8, 4) is 0 Å². The van der Waals surface area contributed by atoms with E-state index in [2.05, 4.69) is 5.10 Å². The molecule has 0 aliphatic heterocycles. The molecule has 0 unspecified atom stereocenters. The van der Waals surface area contributed by atoms with Gasteiger partial charge in [-0.1, -0.05) is 0 Å². The van der Waals surface area contributed by atoms with Gasteiger partial charge in [-0.3, -0.25) is 4.79 Å². The van der Waals surface area contributed by atoms with Crippen LogP contribution in [0, 0.1) is 0 Å². The highest BCUT2D eigenvalue weighted by Gasteiger charge is 2.41. The highest BCUT2D eigenvalue weighted by molar-refractivity contribution is 6.03. The van der Waals surface area contributed by atoms with E-state index in [0.717, 1.165) is 6.20 Å². The molecule has 0 aliphatic carbocycles. The van der Waals surface area contributed by atoms with Crippen molar-refractivity contribution < 1.29 is 18.0 Å². The number of alkyl halides is 3. The van der Waals surface area contributed by atoms with E-state index in [1.165, 1.54) is 4.68 Å². The molecule has 0 saturated heterocycles. The number of hydrogen-bond donors (Lipinski definition) is 1. The number of nitrogens with zero attached hydrogens (tertiary/aromatic N) is 2. The first-order chi connectivity index (χ1) is 7.05. The van der Waals surface area contributed by atoms with Crippen molar-refractivity contribution in [3.63, 3.8) is 0 Å². The van der Waals surface area contributed by atoms with Gasteiger partial charge in [-0.15, -0.1) is 0 Å². The van der Waals surface area contributed by atoms with E-state index < -0.39 is 23.1 Å². The Hall–Kier alpha value is -1.53. The fraction of sp³-hybridized carbons (Fsp3) is 0.556. The Labute approximate surface area is 90.2 Å². The molecule has 7 heteroatoms. The number of anilines is 1. The van der Waals surface area contributed by atoms with Gasteiger partial charge in [0.05, 0.1) is 17.3 Å². The van der Waals surface area contributed by atoms with Crippen molar-refractivity contribution in [2.24, 2.45) is 0 Å². The van der Waals surface area contributed by atoms with Gasteiger partial charge in [0.15, 0.2) is 0 Å². The molecule has 0 radical (unpaired) electrons. The number of nitrogen functional groups attached to an aromatic ring is 1. The van der Waals surface area contributed by atoms with Crippen LogP contribution in [0.3, 0.4) is 0 Å². The maximum atomic E-state index is 12.2. The minimum absolute atomic E-state index is 0.269. The zero-order valence-electron chi connectivity index (χ0n) is 9.09. The molecule has 0 aromatic carbocycles. The number of rotatable bonds is 1. The maximum Gasteiger partial charge on any atom is 0.455 e. The van der Waals surface area contributed by atoms with Crippen molar-refractivity contribution in [2.45, 2.75) is 32.5 Å². The molecule has 0 atom stereocenters. The van der Waals surface area contributed by atoms with Crippen LogP contribution < -0.4 is 5.73 Å². The molecule has 0 bridgehead atoms. The molecular formula is C9H12F3N3O. The second-order valence-electron chi connectivity index (χ2n) is 4.35. The van der Waals surface area contributed by atoms with Crippen LogP contribution in [0.4, 0.5) is 19.0 Å². The largest absolute Gasteiger partial charge is 0.455 e. The van der Waals surface area contributed by atoms with Crippen LogP contribution in [-0.2, 0) is 5.54 Å². The topological polar surface area (TPSA) is 60.9 Å². The van der Waals surface area contributed by atoms with E-state index in [-0.39, 0.29) is 5.82 Å². The number of hydrogen-bond acceptors (Lipinski definition) is 3. The van der Waals surface area contributed by atoms with E-state index in [4.69, 9.17) is 5.73 Å². The van der Waals surface area contributed by atoms with Crippen LogP contribution in [0.25, 0.3) is 0 Å². The zero-order valence-corrected chi connectivity index (χ0v) is 9.09. The molecule has 1 aromatic heterocycles. The number of carbonyl (C=O) groups is 1. The lowest BCUT2D eigenvalue weighted by molar-refractivity contribution is -0.0884. The SMILES string of the molecule is CC(C)(C)n1ncc(C(=O)C(F)(F)F)c1N. The maximum absolute atomic E-state index is 12.2. The summed E-state index contributed by atoms with van der Waals surface area (Å²) in [6.45, 7) is 5.16. The molecule has 90 valence electrons. The number of halogens is 3.